The van der Waals surface area contributed by atoms with Gasteiger partial charge < -0.3 is 15.7 Å². The fraction of sp³-hybridized carbons (Fsp3) is 0.188. The van der Waals surface area contributed by atoms with Crippen molar-refractivity contribution in [1.82, 2.24) is 0 Å². The molecule has 2 aromatic carbocycles. The van der Waals surface area contributed by atoms with E-state index in [1.165, 1.54) is 17.7 Å². The molecule has 0 aromatic heterocycles. The molecule has 110 valence electrons. The third-order valence-corrected chi connectivity index (χ3v) is 3.33. The lowest BCUT2D eigenvalue weighted by atomic mass is 10.1. The lowest BCUT2D eigenvalue weighted by Crippen LogP contribution is -2.17. The third kappa shape index (κ3) is 3.51. The zero-order valence-electron chi connectivity index (χ0n) is 11.9. The van der Waals surface area contributed by atoms with E-state index in [0.29, 0.717) is 16.9 Å². The van der Waals surface area contributed by atoms with Crippen molar-refractivity contribution in [2.45, 2.75) is 20.5 Å². The SMILES string of the molecule is Cc1ccc(OCc2ccc(F)cc2C(N)=NO)cc1C. The highest BCUT2D eigenvalue weighted by atomic mass is 19.1. The van der Waals surface area contributed by atoms with E-state index in [4.69, 9.17) is 15.7 Å². The molecular formula is C16H17FN2O2. The molecule has 0 heterocycles. The molecule has 4 nitrogen and oxygen atoms in total. The molecule has 0 fully saturated rings. The zero-order valence-corrected chi connectivity index (χ0v) is 11.9. The zero-order chi connectivity index (χ0) is 15.4. The fourth-order valence-electron chi connectivity index (χ4n) is 1.93. The van der Waals surface area contributed by atoms with Crippen LogP contribution in [0, 0.1) is 19.7 Å². The van der Waals surface area contributed by atoms with Crippen molar-refractivity contribution in [2.24, 2.45) is 10.9 Å². The van der Waals surface area contributed by atoms with Crippen LogP contribution >= 0.6 is 0 Å². The maximum Gasteiger partial charge on any atom is 0.170 e. The highest BCUT2D eigenvalue weighted by molar-refractivity contribution is 5.98. The Bertz CT molecular complexity index is 684. The standard InChI is InChI=1S/C16H17FN2O2/c1-10-3-6-14(7-11(10)2)21-9-12-4-5-13(17)8-15(12)16(18)19-20/h3-8,20H,9H2,1-2H3,(H2,18,19). The maximum atomic E-state index is 13.3. The Kier molecular flexibility index (Phi) is 4.42. The van der Waals surface area contributed by atoms with Gasteiger partial charge in [0.05, 0.1) is 0 Å². The van der Waals surface area contributed by atoms with Gasteiger partial charge in [-0.15, -0.1) is 0 Å². The number of hydrogen-bond acceptors (Lipinski definition) is 3. The van der Waals surface area contributed by atoms with Crippen LogP contribution in [0.2, 0.25) is 0 Å². The molecule has 0 amide bonds. The molecule has 0 bridgehead atoms. The third-order valence-electron chi connectivity index (χ3n) is 3.33. The molecule has 0 saturated heterocycles. The fourth-order valence-corrected chi connectivity index (χ4v) is 1.93. The van der Waals surface area contributed by atoms with Gasteiger partial charge in [-0.05, 0) is 49.2 Å². The summed E-state index contributed by atoms with van der Waals surface area (Å²) >= 11 is 0. The largest absolute Gasteiger partial charge is 0.489 e. The highest BCUT2D eigenvalue weighted by Crippen LogP contribution is 2.19. The molecule has 5 heteroatoms. The van der Waals surface area contributed by atoms with E-state index in [-0.39, 0.29) is 12.4 Å². The van der Waals surface area contributed by atoms with Gasteiger partial charge in [-0.1, -0.05) is 17.3 Å². The van der Waals surface area contributed by atoms with Crippen molar-refractivity contribution in [1.29, 1.82) is 0 Å². The van der Waals surface area contributed by atoms with Gasteiger partial charge in [-0.3, -0.25) is 0 Å². The second-order valence-corrected chi connectivity index (χ2v) is 4.82. The quantitative estimate of drug-likeness (QED) is 0.393. The summed E-state index contributed by atoms with van der Waals surface area (Å²) in [5.41, 5.74) is 8.83. The summed E-state index contributed by atoms with van der Waals surface area (Å²) in [5.74, 6) is 0.118. The molecule has 0 radical (unpaired) electrons. The van der Waals surface area contributed by atoms with Gasteiger partial charge in [-0.25, -0.2) is 4.39 Å². The Labute approximate surface area is 122 Å². The molecule has 21 heavy (non-hydrogen) atoms. The highest BCUT2D eigenvalue weighted by Gasteiger charge is 2.09. The lowest BCUT2D eigenvalue weighted by Gasteiger charge is -2.11. The Balaban J connectivity index is 2.21. The average molecular weight is 288 g/mol. The smallest absolute Gasteiger partial charge is 0.170 e. The summed E-state index contributed by atoms with van der Waals surface area (Å²) in [4.78, 5) is 0. The molecule has 0 spiro atoms. The number of oxime groups is 1. The number of amidine groups is 1. The van der Waals surface area contributed by atoms with E-state index in [1.54, 1.807) is 6.07 Å². The summed E-state index contributed by atoms with van der Waals surface area (Å²) in [6, 6.07) is 9.86. The summed E-state index contributed by atoms with van der Waals surface area (Å²) < 4.78 is 19.0. The minimum atomic E-state index is -0.452. The molecule has 3 N–H and O–H groups in total. The molecule has 0 saturated carbocycles. The number of hydrogen-bond donors (Lipinski definition) is 2. The van der Waals surface area contributed by atoms with Crippen LogP contribution in [0.25, 0.3) is 0 Å². The van der Waals surface area contributed by atoms with E-state index in [2.05, 4.69) is 5.16 Å². The summed E-state index contributed by atoms with van der Waals surface area (Å²) in [6.07, 6.45) is 0. The van der Waals surface area contributed by atoms with E-state index >= 15 is 0 Å². The minimum absolute atomic E-state index is 0.145. The van der Waals surface area contributed by atoms with E-state index in [1.807, 2.05) is 32.0 Å². The van der Waals surface area contributed by atoms with E-state index < -0.39 is 5.82 Å². The van der Waals surface area contributed by atoms with Gasteiger partial charge in [-0.2, -0.15) is 0 Å². The Hall–Kier alpha value is -2.56. The Morgan fingerprint density at radius 2 is 1.95 bits per heavy atom. The van der Waals surface area contributed by atoms with Crippen LogP contribution in [0.4, 0.5) is 4.39 Å². The number of nitrogens with two attached hydrogens (primary N) is 1. The number of ether oxygens (including phenoxy) is 1. The van der Waals surface area contributed by atoms with Gasteiger partial charge in [0.25, 0.3) is 0 Å². The van der Waals surface area contributed by atoms with Crippen molar-refractivity contribution in [3.05, 3.63) is 64.5 Å². The minimum Gasteiger partial charge on any atom is -0.489 e. The van der Waals surface area contributed by atoms with Gasteiger partial charge in [0.2, 0.25) is 0 Å². The average Bonchev–Trinajstić information content (AvgIpc) is 2.48. The molecule has 0 unspecified atom stereocenters. The first-order chi connectivity index (χ1) is 10.0. The number of aryl methyl sites for hydroxylation is 2. The van der Waals surface area contributed by atoms with Crippen LogP contribution in [0.5, 0.6) is 5.75 Å². The lowest BCUT2D eigenvalue weighted by molar-refractivity contribution is 0.304. The maximum absolute atomic E-state index is 13.3. The second-order valence-electron chi connectivity index (χ2n) is 4.82. The molecule has 0 aliphatic rings. The summed E-state index contributed by atoms with van der Waals surface area (Å²) in [7, 11) is 0. The van der Waals surface area contributed by atoms with Crippen molar-refractivity contribution in [3.63, 3.8) is 0 Å². The van der Waals surface area contributed by atoms with Crippen LogP contribution in [0.1, 0.15) is 22.3 Å². The summed E-state index contributed by atoms with van der Waals surface area (Å²) in [5, 5.41) is 11.7. The predicted molar refractivity (Wildman–Crippen MR) is 79.2 cm³/mol. The van der Waals surface area contributed by atoms with E-state index in [0.717, 1.165) is 5.56 Å². The Morgan fingerprint density at radius 3 is 2.62 bits per heavy atom. The van der Waals surface area contributed by atoms with Crippen molar-refractivity contribution in [2.75, 3.05) is 0 Å². The number of nitrogens with zero attached hydrogens (tertiary/aromatic N) is 1. The van der Waals surface area contributed by atoms with Crippen LogP contribution in [0.3, 0.4) is 0 Å². The van der Waals surface area contributed by atoms with Crippen LogP contribution < -0.4 is 10.5 Å². The first kappa shape index (κ1) is 14.8. The number of benzene rings is 2. The van der Waals surface area contributed by atoms with Crippen LogP contribution in [-0.4, -0.2) is 11.0 Å². The molecule has 2 rings (SSSR count). The second kappa shape index (κ2) is 6.26. The monoisotopic (exact) mass is 288 g/mol. The van der Waals surface area contributed by atoms with E-state index in [9.17, 15) is 4.39 Å². The molecule has 2 aromatic rings. The van der Waals surface area contributed by atoms with Crippen LogP contribution in [-0.2, 0) is 6.61 Å². The van der Waals surface area contributed by atoms with Crippen molar-refractivity contribution < 1.29 is 14.3 Å². The first-order valence-corrected chi connectivity index (χ1v) is 6.47. The van der Waals surface area contributed by atoms with Gasteiger partial charge in [0, 0.05) is 11.1 Å². The van der Waals surface area contributed by atoms with Gasteiger partial charge in [0.1, 0.15) is 18.2 Å². The molecule has 0 aliphatic carbocycles. The topological polar surface area (TPSA) is 67.8 Å². The predicted octanol–water partition coefficient (Wildman–Crippen LogP) is 3.12. The first-order valence-electron chi connectivity index (χ1n) is 6.47. The number of halogens is 1. The molecule has 0 atom stereocenters. The van der Waals surface area contributed by atoms with Crippen molar-refractivity contribution in [3.8, 4) is 5.75 Å². The Morgan fingerprint density at radius 1 is 1.19 bits per heavy atom. The van der Waals surface area contributed by atoms with Crippen LogP contribution in [0.15, 0.2) is 41.6 Å². The van der Waals surface area contributed by atoms with Gasteiger partial charge >= 0.3 is 0 Å². The molecule has 0 aliphatic heterocycles. The van der Waals surface area contributed by atoms with Crippen molar-refractivity contribution >= 4 is 5.84 Å². The number of rotatable bonds is 4. The normalized spacial score (nSPS) is 11.5. The molecular weight excluding hydrogens is 271 g/mol. The summed E-state index contributed by atoms with van der Waals surface area (Å²) in [6.45, 7) is 4.23. The van der Waals surface area contributed by atoms with Gasteiger partial charge in [0.15, 0.2) is 5.84 Å².